The molecule has 142 valence electrons. The van der Waals surface area contributed by atoms with Gasteiger partial charge in [0.25, 0.3) is 5.91 Å². The Morgan fingerprint density at radius 3 is 2.29 bits per heavy atom. The van der Waals surface area contributed by atoms with Crippen LogP contribution in [-0.4, -0.2) is 23.3 Å². The second-order valence-electron chi connectivity index (χ2n) is 5.98. The van der Waals surface area contributed by atoms with Gasteiger partial charge in [-0.05, 0) is 35.0 Å². The molecule has 0 saturated carbocycles. The van der Waals surface area contributed by atoms with Crippen molar-refractivity contribution in [2.24, 2.45) is 0 Å². The molecule has 1 aliphatic heterocycles. The first-order valence-electron chi connectivity index (χ1n) is 7.90. The highest BCUT2D eigenvalue weighted by Gasteiger charge is 2.44. The van der Waals surface area contributed by atoms with Crippen LogP contribution < -0.4 is 14.8 Å². The maximum Gasteiger partial charge on any atom is 0.586 e. The molecule has 6 nitrogen and oxygen atoms in total. The van der Waals surface area contributed by atoms with Gasteiger partial charge < -0.3 is 19.9 Å². The predicted octanol–water partition coefficient (Wildman–Crippen LogP) is 4.25. The molecule has 0 aromatic heterocycles. The van der Waals surface area contributed by atoms with Crippen LogP contribution in [0.2, 0.25) is 0 Å². The molecular formula is C19H10F3NO5. The van der Waals surface area contributed by atoms with Crippen LogP contribution in [0.3, 0.4) is 0 Å². The van der Waals surface area contributed by atoms with Crippen molar-refractivity contribution in [1.82, 2.24) is 0 Å². The number of aromatic carboxylic acids is 1. The quantitative estimate of drug-likeness (QED) is 0.700. The Morgan fingerprint density at radius 1 is 0.929 bits per heavy atom. The summed E-state index contributed by atoms with van der Waals surface area (Å²) >= 11 is 0. The second-order valence-corrected chi connectivity index (χ2v) is 5.98. The molecule has 0 bridgehead atoms. The second kappa shape index (κ2) is 6.15. The van der Waals surface area contributed by atoms with Crippen LogP contribution in [0.5, 0.6) is 11.5 Å². The summed E-state index contributed by atoms with van der Waals surface area (Å²) in [5.74, 6) is -3.41. The number of hydrogen-bond donors (Lipinski definition) is 2. The number of carboxylic acids is 1. The van der Waals surface area contributed by atoms with Gasteiger partial charge in [0.2, 0.25) is 0 Å². The molecule has 0 saturated heterocycles. The maximum atomic E-state index is 13.3. The van der Waals surface area contributed by atoms with E-state index in [2.05, 4.69) is 14.8 Å². The molecular weight excluding hydrogens is 379 g/mol. The van der Waals surface area contributed by atoms with Crippen LogP contribution in [0.15, 0.2) is 48.5 Å². The Labute approximate surface area is 155 Å². The van der Waals surface area contributed by atoms with Crippen molar-refractivity contribution in [2.75, 3.05) is 5.32 Å². The summed E-state index contributed by atoms with van der Waals surface area (Å²) in [7, 11) is 0. The fourth-order valence-corrected chi connectivity index (χ4v) is 2.83. The van der Waals surface area contributed by atoms with Gasteiger partial charge in [-0.1, -0.05) is 12.1 Å². The Morgan fingerprint density at radius 2 is 1.57 bits per heavy atom. The molecule has 3 aromatic carbocycles. The number of ether oxygens (including phenoxy) is 2. The summed E-state index contributed by atoms with van der Waals surface area (Å²) < 4.78 is 48.2. The highest BCUT2D eigenvalue weighted by atomic mass is 19.3. The number of nitrogens with one attached hydrogen (secondary N) is 1. The summed E-state index contributed by atoms with van der Waals surface area (Å²) in [6.45, 7) is 0. The fourth-order valence-electron chi connectivity index (χ4n) is 2.83. The minimum absolute atomic E-state index is 0.165. The lowest BCUT2D eigenvalue weighted by Crippen LogP contribution is -2.25. The zero-order valence-electron chi connectivity index (χ0n) is 13.8. The smallest absolute Gasteiger partial charge is 0.478 e. The van der Waals surface area contributed by atoms with E-state index in [-0.39, 0.29) is 11.3 Å². The number of fused-ring (bicyclic) bond motifs is 2. The van der Waals surface area contributed by atoms with Crippen LogP contribution in [0.4, 0.5) is 18.9 Å². The summed E-state index contributed by atoms with van der Waals surface area (Å²) in [6, 6.07) is 10.3. The largest absolute Gasteiger partial charge is 0.586 e. The third-order valence-corrected chi connectivity index (χ3v) is 4.08. The van der Waals surface area contributed by atoms with Crippen molar-refractivity contribution >= 4 is 28.3 Å². The lowest BCUT2D eigenvalue weighted by Gasteiger charge is -2.10. The van der Waals surface area contributed by atoms with Crippen molar-refractivity contribution in [3.63, 3.8) is 0 Å². The van der Waals surface area contributed by atoms with Crippen molar-refractivity contribution in [1.29, 1.82) is 0 Å². The van der Waals surface area contributed by atoms with Gasteiger partial charge >= 0.3 is 12.3 Å². The van der Waals surface area contributed by atoms with Crippen LogP contribution in [0.1, 0.15) is 20.7 Å². The van der Waals surface area contributed by atoms with E-state index >= 15 is 0 Å². The number of amides is 1. The topological polar surface area (TPSA) is 84.9 Å². The molecule has 1 amide bonds. The number of benzene rings is 3. The fraction of sp³-hybridized carbons (Fsp3) is 0.0526. The number of carbonyl (C=O) groups excluding carboxylic acids is 1. The number of halogens is 3. The van der Waals surface area contributed by atoms with Crippen LogP contribution in [0.25, 0.3) is 10.8 Å². The average molecular weight is 389 g/mol. The Hall–Kier alpha value is -3.75. The van der Waals surface area contributed by atoms with Gasteiger partial charge in [-0.25, -0.2) is 9.18 Å². The average Bonchev–Trinajstić information content (AvgIpc) is 2.93. The zero-order chi connectivity index (χ0) is 20.1. The molecule has 0 atom stereocenters. The zero-order valence-corrected chi connectivity index (χ0v) is 13.8. The van der Waals surface area contributed by atoms with E-state index < -0.39 is 41.1 Å². The monoisotopic (exact) mass is 389 g/mol. The standard InChI is InChI=1S/C19H10F3NO5/c20-12-4-3-9-5-11(2-1-10(9)6-12)17(24)23-14-8-16-15(7-13(14)18(25)26)27-19(21,22)28-16/h1-8H,(H,23,24)(H,25,26). The van der Waals surface area contributed by atoms with Gasteiger partial charge in [-0.2, -0.15) is 0 Å². The van der Waals surface area contributed by atoms with Gasteiger partial charge in [-0.15, -0.1) is 8.78 Å². The number of carbonyl (C=O) groups is 2. The molecule has 1 heterocycles. The molecule has 4 rings (SSSR count). The van der Waals surface area contributed by atoms with E-state index in [1.165, 1.54) is 36.4 Å². The number of carboxylic acid groups (broad SMARTS) is 1. The predicted molar refractivity (Wildman–Crippen MR) is 91.5 cm³/mol. The molecule has 3 aromatic rings. The van der Waals surface area contributed by atoms with Gasteiger partial charge in [-0.3, -0.25) is 4.79 Å². The lowest BCUT2D eigenvalue weighted by atomic mass is 10.1. The van der Waals surface area contributed by atoms with Crippen LogP contribution in [-0.2, 0) is 0 Å². The van der Waals surface area contributed by atoms with E-state index in [0.717, 1.165) is 12.1 Å². The Kier molecular flexibility index (Phi) is 3.88. The Bertz CT molecular complexity index is 1150. The molecule has 1 aliphatic rings. The minimum atomic E-state index is -3.92. The van der Waals surface area contributed by atoms with Gasteiger partial charge in [0.1, 0.15) is 5.82 Å². The van der Waals surface area contributed by atoms with Crippen molar-refractivity contribution in [2.45, 2.75) is 6.29 Å². The number of alkyl halides is 2. The van der Waals surface area contributed by atoms with Gasteiger partial charge in [0, 0.05) is 17.7 Å². The van der Waals surface area contributed by atoms with E-state index in [9.17, 15) is 27.9 Å². The molecule has 0 radical (unpaired) electrons. The number of hydrogen-bond acceptors (Lipinski definition) is 4. The van der Waals surface area contributed by atoms with E-state index in [1.54, 1.807) is 0 Å². The molecule has 9 heteroatoms. The van der Waals surface area contributed by atoms with Crippen molar-refractivity contribution in [3.05, 3.63) is 65.5 Å². The third-order valence-electron chi connectivity index (χ3n) is 4.08. The van der Waals surface area contributed by atoms with E-state index in [0.29, 0.717) is 10.8 Å². The van der Waals surface area contributed by atoms with Crippen LogP contribution >= 0.6 is 0 Å². The first-order valence-corrected chi connectivity index (χ1v) is 7.90. The highest BCUT2D eigenvalue weighted by Crippen LogP contribution is 2.44. The maximum absolute atomic E-state index is 13.3. The highest BCUT2D eigenvalue weighted by molar-refractivity contribution is 6.09. The van der Waals surface area contributed by atoms with Gasteiger partial charge in [0.15, 0.2) is 11.5 Å². The molecule has 2 N–H and O–H groups in total. The molecule has 28 heavy (non-hydrogen) atoms. The molecule has 0 fully saturated rings. The van der Waals surface area contributed by atoms with E-state index in [1.807, 2.05) is 0 Å². The molecule has 0 aliphatic carbocycles. The summed E-state index contributed by atoms with van der Waals surface area (Å²) in [5, 5.41) is 12.8. The first kappa shape index (κ1) is 17.7. The van der Waals surface area contributed by atoms with Crippen molar-refractivity contribution in [3.8, 4) is 11.5 Å². The molecule has 0 unspecified atom stereocenters. The Balaban J connectivity index is 1.68. The third kappa shape index (κ3) is 3.18. The number of anilines is 1. The normalized spacial score (nSPS) is 14.1. The minimum Gasteiger partial charge on any atom is -0.478 e. The number of rotatable bonds is 3. The SMILES string of the molecule is O=C(Nc1cc2c(cc1C(=O)O)OC(F)(F)O2)c1ccc2cc(F)ccc2c1. The summed E-state index contributed by atoms with van der Waals surface area (Å²) in [6.07, 6.45) is -3.92. The van der Waals surface area contributed by atoms with Crippen molar-refractivity contribution < 1.29 is 37.3 Å². The van der Waals surface area contributed by atoms with Crippen LogP contribution in [0, 0.1) is 5.82 Å². The first-order chi connectivity index (χ1) is 13.2. The molecule has 0 spiro atoms. The summed E-state index contributed by atoms with van der Waals surface area (Å²) in [4.78, 5) is 24.0. The lowest BCUT2D eigenvalue weighted by molar-refractivity contribution is -0.286. The van der Waals surface area contributed by atoms with Gasteiger partial charge in [0.05, 0.1) is 11.3 Å². The summed E-state index contributed by atoms with van der Waals surface area (Å²) in [5.41, 5.74) is -0.522. The van der Waals surface area contributed by atoms with E-state index in [4.69, 9.17) is 0 Å².